The maximum absolute atomic E-state index is 12.0. The van der Waals surface area contributed by atoms with Crippen molar-refractivity contribution in [1.29, 1.82) is 0 Å². The zero-order valence-corrected chi connectivity index (χ0v) is 15.9. The zero-order valence-electron chi connectivity index (χ0n) is 15.9. The highest BCUT2D eigenvalue weighted by atomic mass is 16.5. The van der Waals surface area contributed by atoms with E-state index in [0.717, 1.165) is 23.3 Å². The Balaban J connectivity index is 1.41. The molecule has 1 fully saturated rings. The van der Waals surface area contributed by atoms with Gasteiger partial charge in [0.25, 0.3) is 0 Å². The van der Waals surface area contributed by atoms with Crippen LogP contribution in [0.3, 0.4) is 0 Å². The molecule has 3 rings (SSSR count). The van der Waals surface area contributed by atoms with Crippen LogP contribution in [0.1, 0.15) is 17.5 Å². The fourth-order valence-corrected chi connectivity index (χ4v) is 2.88. The molecule has 3 amide bonds. The first-order chi connectivity index (χ1) is 13.6. The number of carbonyl (C=O) groups is 2. The van der Waals surface area contributed by atoms with Crippen LogP contribution >= 0.6 is 0 Å². The molecular formula is C21H25N3O4. The van der Waals surface area contributed by atoms with E-state index in [1.807, 2.05) is 48.5 Å². The first-order valence-electron chi connectivity index (χ1n) is 9.26. The first kappa shape index (κ1) is 19.7. The lowest BCUT2D eigenvalue weighted by atomic mass is 10.1. The lowest BCUT2D eigenvalue weighted by Gasteiger charge is -2.11. The summed E-state index contributed by atoms with van der Waals surface area (Å²) in [6.07, 6.45) is 0.778. The van der Waals surface area contributed by atoms with Gasteiger partial charge in [0, 0.05) is 25.4 Å². The summed E-state index contributed by atoms with van der Waals surface area (Å²) >= 11 is 0. The van der Waals surface area contributed by atoms with Gasteiger partial charge >= 0.3 is 6.03 Å². The van der Waals surface area contributed by atoms with E-state index in [1.54, 1.807) is 7.11 Å². The summed E-state index contributed by atoms with van der Waals surface area (Å²) in [7, 11) is 1.62. The van der Waals surface area contributed by atoms with Crippen LogP contribution in [0.5, 0.6) is 5.75 Å². The second-order valence-electron chi connectivity index (χ2n) is 6.63. The van der Waals surface area contributed by atoms with Crippen LogP contribution < -0.4 is 20.7 Å². The molecule has 0 bridgehead atoms. The van der Waals surface area contributed by atoms with Crippen LogP contribution in [0.4, 0.5) is 10.5 Å². The number of hydrogen-bond acceptors (Lipinski definition) is 4. The summed E-state index contributed by atoms with van der Waals surface area (Å²) in [5.41, 5.74) is 2.64. The monoisotopic (exact) mass is 383 g/mol. The van der Waals surface area contributed by atoms with E-state index in [9.17, 15) is 9.59 Å². The third-order valence-electron chi connectivity index (χ3n) is 4.59. The molecule has 0 saturated carbocycles. The van der Waals surface area contributed by atoms with E-state index in [2.05, 4.69) is 16.0 Å². The van der Waals surface area contributed by atoms with E-state index in [-0.39, 0.29) is 17.9 Å². The molecular weight excluding hydrogens is 358 g/mol. The van der Waals surface area contributed by atoms with E-state index >= 15 is 0 Å². The van der Waals surface area contributed by atoms with Crippen molar-refractivity contribution in [1.82, 2.24) is 10.6 Å². The number of urea groups is 1. The summed E-state index contributed by atoms with van der Waals surface area (Å²) in [5, 5.41) is 8.52. The molecule has 1 aliphatic heterocycles. The van der Waals surface area contributed by atoms with Crippen molar-refractivity contribution in [2.75, 3.05) is 25.6 Å². The molecule has 0 aliphatic carbocycles. The molecule has 0 aromatic heterocycles. The van der Waals surface area contributed by atoms with Gasteiger partial charge in [-0.1, -0.05) is 24.3 Å². The highest BCUT2D eigenvalue weighted by Crippen LogP contribution is 2.14. The molecule has 1 saturated heterocycles. The highest BCUT2D eigenvalue weighted by Gasteiger charge is 2.22. The number of rotatable bonds is 7. The number of anilines is 1. The fraction of sp³-hybridized carbons (Fsp3) is 0.333. The summed E-state index contributed by atoms with van der Waals surface area (Å²) in [6, 6.07) is 14.6. The molecule has 2 aromatic rings. The Hall–Kier alpha value is -3.06. The number of nitrogens with one attached hydrogen (secondary N) is 3. The van der Waals surface area contributed by atoms with Gasteiger partial charge in [-0.3, -0.25) is 4.79 Å². The Kier molecular flexibility index (Phi) is 6.86. The van der Waals surface area contributed by atoms with Crippen molar-refractivity contribution in [3.63, 3.8) is 0 Å². The van der Waals surface area contributed by atoms with Gasteiger partial charge in [-0.15, -0.1) is 0 Å². The Bertz CT molecular complexity index is 784. The number of hydrogen-bond donors (Lipinski definition) is 3. The van der Waals surface area contributed by atoms with E-state index in [4.69, 9.17) is 9.47 Å². The van der Waals surface area contributed by atoms with Gasteiger partial charge in [0.1, 0.15) is 5.75 Å². The predicted octanol–water partition coefficient (Wildman–Crippen LogP) is 2.67. The molecule has 1 aliphatic rings. The van der Waals surface area contributed by atoms with Crippen molar-refractivity contribution in [3.05, 3.63) is 59.7 Å². The number of methoxy groups -OCH3 is 1. The minimum atomic E-state index is -0.280. The van der Waals surface area contributed by atoms with Gasteiger partial charge in [-0.2, -0.15) is 0 Å². The number of amides is 3. The summed E-state index contributed by atoms with van der Waals surface area (Å²) < 4.78 is 10.3. The molecule has 2 aromatic carbocycles. The third kappa shape index (κ3) is 5.72. The van der Waals surface area contributed by atoms with E-state index in [0.29, 0.717) is 32.0 Å². The molecule has 1 heterocycles. The normalized spacial score (nSPS) is 15.7. The molecule has 0 unspecified atom stereocenters. The fourth-order valence-electron chi connectivity index (χ4n) is 2.88. The average Bonchev–Trinajstić information content (AvgIpc) is 3.27. The zero-order chi connectivity index (χ0) is 19.8. The average molecular weight is 383 g/mol. The second kappa shape index (κ2) is 9.75. The van der Waals surface area contributed by atoms with Crippen LogP contribution in [0.2, 0.25) is 0 Å². The molecule has 148 valence electrons. The van der Waals surface area contributed by atoms with Gasteiger partial charge in [0.15, 0.2) is 0 Å². The number of ether oxygens (including phenoxy) is 2. The lowest BCUT2D eigenvalue weighted by molar-refractivity contribution is -0.125. The first-order valence-corrected chi connectivity index (χ1v) is 9.26. The Morgan fingerprint density at radius 2 is 1.64 bits per heavy atom. The molecule has 7 heteroatoms. The van der Waals surface area contributed by atoms with Crippen molar-refractivity contribution in [3.8, 4) is 5.75 Å². The van der Waals surface area contributed by atoms with Crippen LogP contribution in [0.15, 0.2) is 48.5 Å². The van der Waals surface area contributed by atoms with Gasteiger partial charge in [-0.25, -0.2) is 4.79 Å². The Morgan fingerprint density at radius 3 is 2.25 bits per heavy atom. The van der Waals surface area contributed by atoms with Crippen LogP contribution in [-0.4, -0.2) is 32.3 Å². The Labute approximate surface area is 164 Å². The van der Waals surface area contributed by atoms with Crippen LogP contribution in [0, 0.1) is 5.92 Å². The Morgan fingerprint density at radius 1 is 1.00 bits per heavy atom. The van der Waals surface area contributed by atoms with Gasteiger partial charge < -0.3 is 25.4 Å². The maximum atomic E-state index is 12.0. The van der Waals surface area contributed by atoms with Crippen molar-refractivity contribution < 1.29 is 19.1 Å². The number of benzene rings is 2. The molecule has 0 spiro atoms. The minimum absolute atomic E-state index is 0.0256. The van der Waals surface area contributed by atoms with Crippen LogP contribution in [-0.2, 0) is 22.6 Å². The SMILES string of the molecule is COc1ccc(CNC(=O)Nc2ccc(CNC(=O)[C@H]3CCOC3)cc2)cc1. The minimum Gasteiger partial charge on any atom is -0.497 e. The number of carbonyl (C=O) groups excluding carboxylic acids is 2. The largest absolute Gasteiger partial charge is 0.497 e. The van der Waals surface area contributed by atoms with E-state index < -0.39 is 0 Å². The molecule has 7 nitrogen and oxygen atoms in total. The smallest absolute Gasteiger partial charge is 0.319 e. The summed E-state index contributed by atoms with van der Waals surface area (Å²) in [5.74, 6) is 0.758. The van der Waals surface area contributed by atoms with Gasteiger partial charge in [0.2, 0.25) is 5.91 Å². The summed E-state index contributed by atoms with van der Waals surface area (Å²) in [6.45, 7) is 2.03. The molecule has 3 N–H and O–H groups in total. The molecule has 1 atom stereocenters. The summed E-state index contributed by atoms with van der Waals surface area (Å²) in [4.78, 5) is 24.0. The highest BCUT2D eigenvalue weighted by molar-refractivity contribution is 5.89. The van der Waals surface area contributed by atoms with Crippen molar-refractivity contribution in [2.45, 2.75) is 19.5 Å². The molecule has 28 heavy (non-hydrogen) atoms. The lowest BCUT2D eigenvalue weighted by Crippen LogP contribution is -2.30. The van der Waals surface area contributed by atoms with Crippen molar-refractivity contribution >= 4 is 17.6 Å². The topological polar surface area (TPSA) is 88.7 Å². The standard InChI is InChI=1S/C21H25N3O4/c1-27-19-8-4-16(5-9-19)13-23-21(26)24-18-6-2-15(3-7-18)12-22-20(25)17-10-11-28-14-17/h2-9,17H,10-14H2,1H3,(H,22,25)(H2,23,24,26)/t17-/m0/s1. The van der Waals surface area contributed by atoms with Crippen molar-refractivity contribution in [2.24, 2.45) is 5.92 Å². The van der Waals surface area contributed by atoms with Gasteiger partial charge in [-0.05, 0) is 41.8 Å². The van der Waals surface area contributed by atoms with Gasteiger partial charge in [0.05, 0.1) is 19.6 Å². The predicted molar refractivity (Wildman–Crippen MR) is 106 cm³/mol. The molecule has 0 radical (unpaired) electrons. The third-order valence-corrected chi connectivity index (χ3v) is 4.59. The van der Waals surface area contributed by atoms with E-state index in [1.165, 1.54) is 0 Å². The maximum Gasteiger partial charge on any atom is 0.319 e. The quantitative estimate of drug-likeness (QED) is 0.686. The second-order valence-corrected chi connectivity index (χ2v) is 6.63. The van der Waals surface area contributed by atoms with Crippen LogP contribution in [0.25, 0.3) is 0 Å².